The lowest BCUT2D eigenvalue weighted by Gasteiger charge is -2.20. The summed E-state index contributed by atoms with van der Waals surface area (Å²) >= 11 is 0. The number of rotatable bonds is 3. The Kier molecular flexibility index (Phi) is 5.57. The summed E-state index contributed by atoms with van der Waals surface area (Å²) < 4.78 is 32.6. The Morgan fingerprint density at radius 1 is 1.10 bits per heavy atom. The van der Waals surface area contributed by atoms with Crippen LogP contribution in [0.1, 0.15) is 40.5 Å². The molecule has 198 valence electrons. The Morgan fingerprint density at radius 2 is 1.85 bits per heavy atom. The topological polar surface area (TPSA) is 103 Å². The molecule has 1 atom stereocenters. The molecule has 2 heterocycles. The second kappa shape index (κ2) is 8.76. The van der Waals surface area contributed by atoms with Gasteiger partial charge in [-0.05, 0) is 73.1 Å². The number of benzene rings is 3. The first-order chi connectivity index (χ1) is 18.6. The standard InChI is InChI=1S/C30H26F2N4O3/c1-14-10-11-17-22(12-14)34-26-19(28(33)37)13-21(32)24(25(17)26)16-6-5-9-23(15(16)2)36-29(38)18-7-4-8-20(31)27(18)35(3)30(36)39/h4-9,13-14,34H,10-12H2,1-3H3,(H2,33,37). The number of hydrogen-bond acceptors (Lipinski definition) is 3. The van der Waals surface area contributed by atoms with E-state index in [1.165, 1.54) is 25.2 Å². The van der Waals surface area contributed by atoms with Crippen molar-refractivity contribution < 1.29 is 13.6 Å². The molecule has 0 radical (unpaired) electrons. The molecule has 0 fully saturated rings. The number of aromatic nitrogens is 3. The summed E-state index contributed by atoms with van der Waals surface area (Å²) in [4.78, 5) is 42.5. The molecular weight excluding hydrogens is 502 g/mol. The molecule has 1 amide bonds. The van der Waals surface area contributed by atoms with Crippen LogP contribution in [0.2, 0.25) is 0 Å². The zero-order valence-electron chi connectivity index (χ0n) is 21.7. The van der Waals surface area contributed by atoms with Crippen LogP contribution in [0.5, 0.6) is 0 Å². The van der Waals surface area contributed by atoms with Gasteiger partial charge in [-0.2, -0.15) is 0 Å². The van der Waals surface area contributed by atoms with Gasteiger partial charge in [0.15, 0.2) is 0 Å². The summed E-state index contributed by atoms with van der Waals surface area (Å²) in [5.41, 5.74) is 8.10. The van der Waals surface area contributed by atoms with E-state index in [0.29, 0.717) is 34.4 Å². The Hall–Kier alpha value is -4.53. The van der Waals surface area contributed by atoms with Crippen LogP contribution in [-0.4, -0.2) is 20.0 Å². The van der Waals surface area contributed by atoms with E-state index in [2.05, 4.69) is 11.9 Å². The zero-order chi connectivity index (χ0) is 27.7. The molecule has 1 unspecified atom stereocenters. The summed E-state index contributed by atoms with van der Waals surface area (Å²) in [5, 5.41) is 0.641. The maximum atomic E-state index is 15.9. The van der Waals surface area contributed by atoms with Crippen LogP contribution in [0.25, 0.3) is 38.6 Å². The van der Waals surface area contributed by atoms with Crippen LogP contribution in [-0.2, 0) is 19.9 Å². The number of nitrogens with two attached hydrogens (primary N) is 1. The molecule has 3 aromatic carbocycles. The van der Waals surface area contributed by atoms with Crippen molar-refractivity contribution in [1.82, 2.24) is 14.1 Å². The Labute approximate surface area is 221 Å². The molecule has 7 nitrogen and oxygen atoms in total. The van der Waals surface area contributed by atoms with Crippen molar-refractivity contribution in [3.05, 3.63) is 97.3 Å². The Balaban J connectivity index is 1.68. The number of nitrogens with one attached hydrogen (secondary N) is 1. The number of H-pyrrole nitrogens is 1. The highest BCUT2D eigenvalue weighted by molar-refractivity contribution is 6.11. The van der Waals surface area contributed by atoms with Crippen molar-refractivity contribution in [3.8, 4) is 16.8 Å². The summed E-state index contributed by atoms with van der Waals surface area (Å²) in [5.74, 6) is -1.60. The third-order valence-electron chi connectivity index (χ3n) is 7.98. The fourth-order valence-electron chi connectivity index (χ4n) is 6.04. The minimum Gasteiger partial charge on any atom is -0.366 e. The lowest BCUT2D eigenvalue weighted by atomic mass is 9.85. The quantitative estimate of drug-likeness (QED) is 0.356. The van der Waals surface area contributed by atoms with E-state index in [1.54, 1.807) is 25.1 Å². The normalized spacial score (nSPS) is 15.2. The molecule has 0 saturated carbocycles. The van der Waals surface area contributed by atoms with Gasteiger partial charge in [0.25, 0.3) is 11.5 Å². The van der Waals surface area contributed by atoms with Crippen LogP contribution < -0.4 is 17.0 Å². The molecule has 1 aliphatic carbocycles. The van der Waals surface area contributed by atoms with Gasteiger partial charge in [0.05, 0.1) is 27.7 Å². The molecular formula is C30H26F2N4O3. The van der Waals surface area contributed by atoms with Gasteiger partial charge >= 0.3 is 5.69 Å². The molecule has 2 aromatic heterocycles. The highest BCUT2D eigenvalue weighted by Crippen LogP contribution is 2.42. The van der Waals surface area contributed by atoms with Gasteiger partial charge < -0.3 is 10.7 Å². The molecule has 3 N–H and O–H groups in total. The number of hydrogen-bond donors (Lipinski definition) is 2. The van der Waals surface area contributed by atoms with Gasteiger partial charge in [-0.1, -0.05) is 25.1 Å². The van der Waals surface area contributed by atoms with E-state index < -0.39 is 28.8 Å². The number of aryl methyl sites for hydroxylation is 2. The predicted octanol–water partition coefficient (Wildman–Crippen LogP) is 4.65. The third-order valence-corrected chi connectivity index (χ3v) is 7.98. The molecule has 9 heteroatoms. The molecule has 39 heavy (non-hydrogen) atoms. The van der Waals surface area contributed by atoms with Crippen molar-refractivity contribution >= 4 is 27.7 Å². The molecule has 6 rings (SSSR count). The zero-order valence-corrected chi connectivity index (χ0v) is 21.7. The van der Waals surface area contributed by atoms with Gasteiger partial charge in [0, 0.05) is 23.7 Å². The summed E-state index contributed by atoms with van der Waals surface area (Å²) in [6, 6.07) is 10.2. The first-order valence-electron chi connectivity index (χ1n) is 12.8. The lowest BCUT2D eigenvalue weighted by molar-refractivity contribution is 0.100. The van der Waals surface area contributed by atoms with Crippen molar-refractivity contribution in [1.29, 1.82) is 0 Å². The number of aromatic amines is 1. The van der Waals surface area contributed by atoms with Crippen molar-refractivity contribution in [2.24, 2.45) is 18.7 Å². The average Bonchev–Trinajstić information content (AvgIpc) is 3.26. The minimum atomic E-state index is -0.735. The second-order valence-electron chi connectivity index (χ2n) is 10.4. The van der Waals surface area contributed by atoms with Gasteiger partial charge in [-0.25, -0.2) is 18.1 Å². The molecule has 0 aliphatic heterocycles. The highest BCUT2D eigenvalue weighted by atomic mass is 19.1. The summed E-state index contributed by atoms with van der Waals surface area (Å²) in [7, 11) is 1.40. The molecule has 0 saturated heterocycles. The average molecular weight is 529 g/mol. The first-order valence-corrected chi connectivity index (χ1v) is 12.8. The monoisotopic (exact) mass is 528 g/mol. The van der Waals surface area contributed by atoms with Crippen LogP contribution in [0.4, 0.5) is 8.78 Å². The number of halogens is 2. The van der Waals surface area contributed by atoms with Crippen LogP contribution in [0, 0.1) is 24.5 Å². The third kappa shape index (κ3) is 3.56. The van der Waals surface area contributed by atoms with Crippen LogP contribution >= 0.6 is 0 Å². The van der Waals surface area contributed by atoms with Crippen molar-refractivity contribution in [2.75, 3.05) is 0 Å². The number of nitrogens with zero attached hydrogens (tertiary/aromatic N) is 2. The first kappa shape index (κ1) is 24.8. The molecule has 0 spiro atoms. The Bertz CT molecular complexity index is 1980. The van der Waals surface area contributed by atoms with Crippen LogP contribution in [0.3, 0.4) is 0 Å². The van der Waals surface area contributed by atoms with Crippen molar-refractivity contribution in [3.63, 3.8) is 0 Å². The smallest absolute Gasteiger partial charge is 0.335 e. The fourth-order valence-corrected chi connectivity index (χ4v) is 6.04. The number of primary amides is 1. The van der Waals surface area contributed by atoms with E-state index >= 15 is 4.39 Å². The Morgan fingerprint density at radius 3 is 2.59 bits per heavy atom. The SMILES string of the molecule is Cc1c(-c2c(F)cc(C(N)=O)c3[nH]c4c(c23)CCC(C)C4)cccc1-n1c(=O)c2cccc(F)c2n(C)c1=O. The summed E-state index contributed by atoms with van der Waals surface area (Å²) in [6.45, 7) is 3.85. The van der Waals surface area contributed by atoms with Gasteiger partial charge in [0.1, 0.15) is 11.6 Å². The van der Waals surface area contributed by atoms with E-state index in [0.717, 1.165) is 39.3 Å². The van der Waals surface area contributed by atoms with Gasteiger partial charge in [-0.3, -0.25) is 14.2 Å². The second-order valence-corrected chi connectivity index (χ2v) is 10.4. The molecule has 1 aliphatic rings. The van der Waals surface area contributed by atoms with E-state index in [4.69, 9.17) is 5.73 Å². The van der Waals surface area contributed by atoms with Gasteiger partial charge in [-0.15, -0.1) is 0 Å². The highest BCUT2D eigenvalue weighted by Gasteiger charge is 2.28. The number of para-hydroxylation sites is 1. The number of fused-ring (bicyclic) bond motifs is 4. The maximum Gasteiger partial charge on any atom is 0.335 e. The van der Waals surface area contributed by atoms with Crippen molar-refractivity contribution in [2.45, 2.75) is 33.1 Å². The number of carbonyl (C=O) groups excluding carboxylic acids is 1. The molecule has 5 aromatic rings. The largest absolute Gasteiger partial charge is 0.366 e. The van der Waals surface area contributed by atoms with Crippen LogP contribution in [0.15, 0.2) is 52.1 Å². The van der Waals surface area contributed by atoms with E-state index in [-0.39, 0.29) is 27.7 Å². The predicted molar refractivity (Wildman–Crippen MR) is 146 cm³/mol. The fraction of sp³-hybridized carbons (Fsp3) is 0.233. The molecule has 0 bridgehead atoms. The number of amides is 1. The maximum absolute atomic E-state index is 15.9. The van der Waals surface area contributed by atoms with E-state index in [9.17, 15) is 18.8 Å². The van der Waals surface area contributed by atoms with E-state index in [1.807, 2.05) is 0 Å². The summed E-state index contributed by atoms with van der Waals surface area (Å²) in [6.07, 6.45) is 2.39. The lowest BCUT2D eigenvalue weighted by Crippen LogP contribution is -2.38. The number of carbonyl (C=O) groups is 1. The minimum absolute atomic E-state index is 0.0510. The van der Waals surface area contributed by atoms with Gasteiger partial charge in [0.2, 0.25) is 0 Å².